The van der Waals surface area contributed by atoms with Crippen LogP contribution in [0.3, 0.4) is 0 Å². The molecule has 1 saturated heterocycles. The smallest absolute Gasteiger partial charge is 0.250 e. The Hall–Kier alpha value is -2.19. The Balaban J connectivity index is 2.22. The van der Waals surface area contributed by atoms with Gasteiger partial charge in [0.25, 0.3) is 5.91 Å². The number of carbonyl (C=O) groups excluding carboxylic acids is 2. The van der Waals surface area contributed by atoms with Gasteiger partial charge in [0.15, 0.2) is 0 Å². The van der Waals surface area contributed by atoms with Crippen molar-refractivity contribution in [3.8, 4) is 0 Å². The maximum atomic E-state index is 12.6. The summed E-state index contributed by atoms with van der Waals surface area (Å²) in [6.45, 7) is 3.94. The summed E-state index contributed by atoms with van der Waals surface area (Å²) >= 11 is 0. The molecule has 2 amide bonds. The van der Waals surface area contributed by atoms with Crippen LogP contribution in [0.2, 0.25) is 0 Å². The predicted octanol–water partition coefficient (Wildman–Crippen LogP) is 1.10. The summed E-state index contributed by atoms with van der Waals surface area (Å²) in [4.78, 5) is 23.5. The van der Waals surface area contributed by atoms with Crippen molar-refractivity contribution in [2.45, 2.75) is 25.2 Å². The zero-order valence-electron chi connectivity index (χ0n) is 13.7. The summed E-state index contributed by atoms with van der Waals surface area (Å²) in [6, 6.07) is 6.04. The summed E-state index contributed by atoms with van der Waals surface area (Å²) < 4.78 is 26.4. The minimum atomic E-state index is -3.78. The number of piperazine rings is 1. The van der Waals surface area contributed by atoms with Gasteiger partial charge in [0.05, 0.1) is 11.4 Å². The summed E-state index contributed by atoms with van der Waals surface area (Å²) in [5.41, 5.74) is 0.963. The number of carbonyl (C=O) groups is 2. The van der Waals surface area contributed by atoms with Crippen molar-refractivity contribution in [1.29, 1.82) is 0 Å². The van der Waals surface area contributed by atoms with Gasteiger partial charge in [-0.15, -0.1) is 0 Å². The van der Waals surface area contributed by atoms with E-state index in [1.807, 2.05) is 6.92 Å². The third kappa shape index (κ3) is 4.21. The first-order valence-corrected chi connectivity index (χ1v) is 9.13. The monoisotopic (exact) mass is 351 g/mol. The number of hydrogen-bond acceptors (Lipinski definition) is 4. The quantitative estimate of drug-likeness (QED) is 0.777. The molecule has 0 aliphatic carbocycles. The van der Waals surface area contributed by atoms with Crippen LogP contribution >= 0.6 is 0 Å². The van der Waals surface area contributed by atoms with E-state index in [1.165, 1.54) is 12.1 Å². The van der Waals surface area contributed by atoms with E-state index in [0.717, 1.165) is 10.7 Å². The number of allylic oxidation sites excluding steroid dienone is 1. The van der Waals surface area contributed by atoms with Gasteiger partial charge in [-0.1, -0.05) is 19.1 Å². The van der Waals surface area contributed by atoms with Crippen LogP contribution in [0.4, 0.5) is 5.69 Å². The highest BCUT2D eigenvalue weighted by Crippen LogP contribution is 2.20. The van der Waals surface area contributed by atoms with E-state index >= 15 is 0 Å². The minimum absolute atomic E-state index is 0.0483. The standard InChI is InChI=1S/C16H21N3O4S/c1-3-5-12(2)16(21)18-13-6-4-7-14(10-13)24(22,23)19-9-8-17-15(20)11-19/h4-7,10H,3,8-9,11H2,1-2H3,(H,17,20)(H,18,21)/b12-5+. The second kappa shape index (κ2) is 7.59. The van der Waals surface area contributed by atoms with Gasteiger partial charge in [0.2, 0.25) is 15.9 Å². The molecule has 1 heterocycles. The van der Waals surface area contributed by atoms with Crippen LogP contribution in [-0.4, -0.2) is 44.2 Å². The number of rotatable bonds is 5. The van der Waals surface area contributed by atoms with Crippen molar-refractivity contribution in [3.05, 3.63) is 35.9 Å². The number of nitrogens with zero attached hydrogens (tertiary/aromatic N) is 1. The Bertz CT molecular complexity index is 771. The molecule has 1 aromatic carbocycles. The molecule has 24 heavy (non-hydrogen) atoms. The first-order chi connectivity index (χ1) is 11.3. The number of anilines is 1. The van der Waals surface area contributed by atoms with Gasteiger partial charge >= 0.3 is 0 Å². The summed E-state index contributed by atoms with van der Waals surface area (Å²) in [6.07, 6.45) is 2.53. The largest absolute Gasteiger partial charge is 0.354 e. The van der Waals surface area contributed by atoms with Crippen LogP contribution in [0.25, 0.3) is 0 Å². The lowest BCUT2D eigenvalue weighted by atomic mass is 10.2. The van der Waals surface area contributed by atoms with Crippen LogP contribution in [0.1, 0.15) is 20.3 Å². The Morgan fingerprint density at radius 3 is 2.83 bits per heavy atom. The van der Waals surface area contributed by atoms with Crippen LogP contribution in [0.15, 0.2) is 40.8 Å². The SMILES string of the molecule is CC/C=C(\C)C(=O)Nc1cccc(S(=O)(=O)N2CCNC(=O)C2)c1. The third-order valence-corrected chi connectivity index (χ3v) is 5.44. The Labute approximate surface area is 141 Å². The Morgan fingerprint density at radius 2 is 2.17 bits per heavy atom. The highest BCUT2D eigenvalue weighted by molar-refractivity contribution is 7.89. The third-order valence-electron chi connectivity index (χ3n) is 3.60. The van der Waals surface area contributed by atoms with Crippen molar-refractivity contribution >= 4 is 27.5 Å². The molecule has 1 fully saturated rings. The maximum absolute atomic E-state index is 12.6. The fraction of sp³-hybridized carbons (Fsp3) is 0.375. The highest BCUT2D eigenvalue weighted by atomic mass is 32.2. The molecule has 2 N–H and O–H groups in total. The number of benzene rings is 1. The molecule has 1 aromatic rings. The zero-order chi connectivity index (χ0) is 17.7. The van der Waals surface area contributed by atoms with E-state index in [9.17, 15) is 18.0 Å². The number of amides is 2. The van der Waals surface area contributed by atoms with Gasteiger partial charge in [-0.2, -0.15) is 4.31 Å². The molecule has 0 atom stereocenters. The van der Waals surface area contributed by atoms with Gasteiger partial charge in [0.1, 0.15) is 0 Å². The molecule has 1 aliphatic rings. The molecule has 0 unspecified atom stereocenters. The maximum Gasteiger partial charge on any atom is 0.250 e. The van der Waals surface area contributed by atoms with Crippen molar-refractivity contribution < 1.29 is 18.0 Å². The first kappa shape index (κ1) is 18.2. The molecule has 8 heteroatoms. The van der Waals surface area contributed by atoms with E-state index < -0.39 is 10.0 Å². The van der Waals surface area contributed by atoms with Crippen molar-refractivity contribution in [2.24, 2.45) is 0 Å². The molecule has 0 saturated carbocycles. The van der Waals surface area contributed by atoms with Crippen LogP contribution in [0.5, 0.6) is 0 Å². The van der Waals surface area contributed by atoms with Gasteiger partial charge in [0, 0.05) is 24.4 Å². The topological polar surface area (TPSA) is 95.6 Å². The molecule has 2 rings (SSSR count). The average molecular weight is 351 g/mol. The summed E-state index contributed by atoms with van der Waals surface area (Å²) in [5, 5.41) is 5.27. The number of sulfonamides is 1. The second-order valence-electron chi connectivity index (χ2n) is 5.47. The molecule has 0 bridgehead atoms. The van der Waals surface area contributed by atoms with Gasteiger partial charge in [-0.05, 0) is 31.5 Å². The molecule has 130 valence electrons. The summed E-state index contributed by atoms with van der Waals surface area (Å²) in [7, 11) is -3.78. The molecule has 0 radical (unpaired) electrons. The predicted molar refractivity (Wildman–Crippen MR) is 90.9 cm³/mol. The van der Waals surface area contributed by atoms with Crippen molar-refractivity contribution in [2.75, 3.05) is 25.0 Å². The summed E-state index contributed by atoms with van der Waals surface area (Å²) in [5.74, 6) is -0.599. The molecule has 0 aromatic heterocycles. The fourth-order valence-corrected chi connectivity index (χ4v) is 3.78. The van der Waals surface area contributed by atoms with Gasteiger partial charge < -0.3 is 10.6 Å². The van der Waals surface area contributed by atoms with Gasteiger partial charge in [-0.3, -0.25) is 9.59 Å². The van der Waals surface area contributed by atoms with E-state index in [1.54, 1.807) is 25.1 Å². The van der Waals surface area contributed by atoms with Crippen LogP contribution in [0, 0.1) is 0 Å². The normalized spacial score (nSPS) is 16.6. The molecule has 1 aliphatic heterocycles. The van der Waals surface area contributed by atoms with E-state index in [0.29, 0.717) is 11.3 Å². The second-order valence-corrected chi connectivity index (χ2v) is 7.40. The van der Waals surface area contributed by atoms with Gasteiger partial charge in [-0.25, -0.2) is 8.42 Å². The van der Waals surface area contributed by atoms with Crippen LogP contribution in [-0.2, 0) is 19.6 Å². The lowest BCUT2D eigenvalue weighted by Gasteiger charge is -2.26. The lowest BCUT2D eigenvalue weighted by Crippen LogP contribution is -2.49. The van der Waals surface area contributed by atoms with E-state index in [-0.39, 0.29) is 36.3 Å². The number of nitrogens with one attached hydrogen (secondary N) is 2. The highest BCUT2D eigenvalue weighted by Gasteiger charge is 2.29. The fourth-order valence-electron chi connectivity index (χ4n) is 2.33. The van der Waals surface area contributed by atoms with Crippen molar-refractivity contribution in [1.82, 2.24) is 9.62 Å². The molecule has 0 spiro atoms. The lowest BCUT2D eigenvalue weighted by molar-refractivity contribution is -0.122. The first-order valence-electron chi connectivity index (χ1n) is 7.69. The molecular weight excluding hydrogens is 330 g/mol. The molecule has 7 nitrogen and oxygen atoms in total. The van der Waals surface area contributed by atoms with Crippen molar-refractivity contribution in [3.63, 3.8) is 0 Å². The average Bonchev–Trinajstić information content (AvgIpc) is 2.55. The minimum Gasteiger partial charge on any atom is -0.354 e. The van der Waals surface area contributed by atoms with E-state index in [4.69, 9.17) is 0 Å². The zero-order valence-corrected chi connectivity index (χ0v) is 14.5. The Kier molecular flexibility index (Phi) is 5.74. The number of hydrogen-bond donors (Lipinski definition) is 2. The molecular formula is C16H21N3O4S. The van der Waals surface area contributed by atoms with E-state index in [2.05, 4.69) is 10.6 Å². The Morgan fingerprint density at radius 1 is 1.42 bits per heavy atom. The van der Waals surface area contributed by atoms with Crippen LogP contribution < -0.4 is 10.6 Å².